The van der Waals surface area contributed by atoms with Crippen LogP contribution in [-0.2, 0) is 4.79 Å². The molecule has 2 aliphatic rings. The third-order valence-electron chi connectivity index (χ3n) is 8.65. The molecule has 2 aliphatic heterocycles. The van der Waals surface area contributed by atoms with E-state index in [1.165, 1.54) is 16.7 Å². The van der Waals surface area contributed by atoms with Crippen molar-refractivity contribution in [1.82, 2.24) is 14.5 Å². The quantitative estimate of drug-likeness (QED) is 0.170. The van der Waals surface area contributed by atoms with Crippen LogP contribution >= 0.6 is 34.8 Å². The van der Waals surface area contributed by atoms with Crippen LogP contribution in [0.3, 0.4) is 0 Å². The number of benzene rings is 1. The SMILES string of the molecule is C=CC(=O)N1[C@H](C)CN(c2c(C#N)c(=O)n(C3C(C(C)C)=NC=C[C@H]3C)c3nc(-c4c(O)c(Cl)c(F)c(F)c4Cl)c(Cl)cc23)C[C@@H]1C. The van der Waals surface area contributed by atoms with Gasteiger partial charge in [-0.1, -0.05) is 68.2 Å². The van der Waals surface area contributed by atoms with Crippen LogP contribution in [0.5, 0.6) is 5.75 Å². The van der Waals surface area contributed by atoms with Crippen molar-refractivity contribution in [2.24, 2.45) is 16.8 Å². The Hall–Kier alpha value is -3.98. The molecule has 0 radical (unpaired) electrons. The highest BCUT2D eigenvalue weighted by Gasteiger charge is 2.38. The molecule has 3 aromatic rings. The van der Waals surface area contributed by atoms with E-state index in [0.717, 1.165) is 0 Å². The van der Waals surface area contributed by atoms with Crippen molar-refractivity contribution < 1.29 is 18.7 Å². The number of hydrogen-bond acceptors (Lipinski definition) is 7. The van der Waals surface area contributed by atoms with E-state index in [1.807, 2.05) is 45.6 Å². The molecule has 1 N–H and O–H groups in total. The third-order valence-corrected chi connectivity index (χ3v) is 9.64. The number of piperazine rings is 1. The number of aliphatic imine (C=N–C) groups is 1. The molecule has 0 spiro atoms. The maximum atomic E-state index is 14.9. The zero-order valence-electron chi connectivity index (χ0n) is 26.2. The van der Waals surface area contributed by atoms with Gasteiger partial charge < -0.3 is 14.9 Å². The lowest BCUT2D eigenvalue weighted by atomic mass is 9.88. The fourth-order valence-corrected chi connectivity index (χ4v) is 7.29. The summed E-state index contributed by atoms with van der Waals surface area (Å²) in [6.45, 7) is 13.5. The van der Waals surface area contributed by atoms with Gasteiger partial charge in [0, 0.05) is 48.4 Å². The molecule has 0 aliphatic carbocycles. The second kappa shape index (κ2) is 12.9. The highest BCUT2D eigenvalue weighted by molar-refractivity contribution is 6.39. The van der Waals surface area contributed by atoms with Gasteiger partial charge in [0.05, 0.1) is 33.0 Å². The Labute approximate surface area is 285 Å². The predicted molar refractivity (Wildman–Crippen MR) is 181 cm³/mol. The molecule has 0 saturated carbocycles. The number of rotatable bonds is 5. The summed E-state index contributed by atoms with van der Waals surface area (Å²) in [5.74, 6) is -4.61. The van der Waals surface area contributed by atoms with E-state index < -0.39 is 44.6 Å². The molecule has 2 aromatic heterocycles. The first-order valence-electron chi connectivity index (χ1n) is 14.8. The van der Waals surface area contributed by atoms with Crippen molar-refractivity contribution in [3.05, 3.63) is 73.6 Å². The molecule has 1 fully saturated rings. The number of pyridine rings is 2. The largest absolute Gasteiger partial charge is 0.506 e. The van der Waals surface area contributed by atoms with Gasteiger partial charge in [0.25, 0.3) is 5.56 Å². The Morgan fingerprint density at radius 2 is 1.77 bits per heavy atom. The number of nitriles is 1. The number of phenolic OH excluding ortho intramolecular Hbond substituents is 1. The number of aromatic nitrogens is 2. The minimum Gasteiger partial charge on any atom is -0.506 e. The summed E-state index contributed by atoms with van der Waals surface area (Å²) in [6.07, 6.45) is 4.72. The number of phenols is 1. The number of allylic oxidation sites excluding steroid dienone is 1. The third kappa shape index (κ3) is 5.56. The van der Waals surface area contributed by atoms with Crippen LogP contribution in [0.25, 0.3) is 22.3 Å². The standard InChI is InChI=1S/C33H31Cl3F2N6O3/c1-7-21(45)43-16(5)12-42(13-17(43)6)30-18-10-20(34)28(22-23(35)25(37)26(38)24(36)31(22)46)41-32(18)44(33(47)19(30)11-39)29-15(4)8-9-40-27(29)14(2)3/h7-10,14-17,29,46H,1,12-13H2,2-6H3/t15-,16-,17+,29?/m1/s1. The minimum atomic E-state index is -1.55. The van der Waals surface area contributed by atoms with Gasteiger partial charge >= 0.3 is 0 Å². The Balaban J connectivity index is 1.91. The monoisotopic (exact) mass is 702 g/mol. The van der Waals surface area contributed by atoms with Gasteiger partial charge in [-0.05, 0) is 31.9 Å². The zero-order valence-corrected chi connectivity index (χ0v) is 28.4. The van der Waals surface area contributed by atoms with E-state index >= 15 is 0 Å². The van der Waals surface area contributed by atoms with E-state index in [2.05, 4.69) is 17.6 Å². The molecule has 47 heavy (non-hydrogen) atoms. The van der Waals surface area contributed by atoms with Crippen LogP contribution in [0, 0.1) is 34.8 Å². The van der Waals surface area contributed by atoms with Crippen LogP contribution in [0.4, 0.5) is 14.5 Å². The topological polar surface area (TPSA) is 115 Å². The molecule has 0 bridgehead atoms. The fraction of sp³-hybridized carbons (Fsp3) is 0.364. The predicted octanol–water partition coefficient (Wildman–Crippen LogP) is 7.29. The second-order valence-electron chi connectivity index (χ2n) is 12.1. The maximum absolute atomic E-state index is 14.9. The van der Waals surface area contributed by atoms with Crippen molar-refractivity contribution in [3.8, 4) is 23.1 Å². The number of halogens is 5. The van der Waals surface area contributed by atoms with Gasteiger partial charge in [0.15, 0.2) is 11.6 Å². The summed E-state index contributed by atoms with van der Waals surface area (Å²) in [4.78, 5) is 40.0. The minimum absolute atomic E-state index is 0.0325. The summed E-state index contributed by atoms with van der Waals surface area (Å²) < 4.78 is 30.6. The lowest BCUT2D eigenvalue weighted by molar-refractivity contribution is -0.130. The Kier molecular flexibility index (Phi) is 9.43. The summed E-state index contributed by atoms with van der Waals surface area (Å²) in [7, 11) is 0. The van der Waals surface area contributed by atoms with Crippen molar-refractivity contribution in [2.45, 2.75) is 52.7 Å². The van der Waals surface area contributed by atoms with Gasteiger partial charge in [-0.2, -0.15) is 5.26 Å². The Morgan fingerprint density at radius 3 is 2.34 bits per heavy atom. The van der Waals surface area contributed by atoms with Crippen molar-refractivity contribution in [1.29, 1.82) is 5.26 Å². The van der Waals surface area contributed by atoms with Crippen molar-refractivity contribution in [2.75, 3.05) is 18.0 Å². The van der Waals surface area contributed by atoms with E-state index in [1.54, 1.807) is 11.1 Å². The molecule has 14 heteroatoms. The number of nitrogens with zero attached hydrogens (tertiary/aromatic N) is 6. The number of hydrogen-bond donors (Lipinski definition) is 1. The van der Waals surface area contributed by atoms with Gasteiger partial charge in [-0.3, -0.25) is 19.1 Å². The molecule has 4 atom stereocenters. The van der Waals surface area contributed by atoms with E-state index in [4.69, 9.17) is 39.8 Å². The highest BCUT2D eigenvalue weighted by Crippen LogP contribution is 2.47. The van der Waals surface area contributed by atoms with Gasteiger partial charge in [0.2, 0.25) is 5.91 Å². The number of amides is 1. The Morgan fingerprint density at radius 1 is 1.15 bits per heavy atom. The van der Waals surface area contributed by atoms with Crippen LogP contribution in [-0.4, -0.2) is 56.3 Å². The molecule has 1 aromatic carbocycles. The first kappa shape index (κ1) is 34.4. The summed E-state index contributed by atoms with van der Waals surface area (Å²) in [5.41, 5.74) is -0.654. The van der Waals surface area contributed by atoms with Crippen molar-refractivity contribution >= 4 is 63.1 Å². The average Bonchev–Trinajstić information content (AvgIpc) is 3.02. The molecular formula is C33H31Cl3F2N6O3. The van der Waals surface area contributed by atoms with Crippen LogP contribution in [0.2, 0.25) is 15.1 Å². The average molecular weight is 704 g/mol. The number of aromatic hydroxyl groups is 1. The molecule has 5 rings (SSSR count). The van der Waals surface area contributed by atoms with E-state index in [9.17, 15) is 28.7 Å². The molecule has 4 heterocycles. The van der Waals surface area contributed by atoms with Crippen LogP contribution in [0.1, 0.15) is 46.2 Å². The van der Waals surface area contributed by atoms with Gasteiger partial charge in [-0.15, -0.1) is 0 Å². The fourth-order valence-electron chi connectivity index (χ4n) is 6.61. The van der Waals surface area contributed by atoms with Crippen LogP contribution in [0.15, 0.2) is 40.8 Å². The highest BCUT2D eigenvalue weighted by atomic mass is 35.5. The number of carbonyl (C=O) groups excluding carboxylic acids is 1. The first-order valence-corrected chi connectivity index (χ1v) is 16.0. The van der Waals surface area contributed by atoms with Gasteiger partial charge in [0.1, 0.15) is 28.1 Å². The van der Waals surface area contributed by atoms with Crippen molar-refractivity contribution in [3.63, 3.8) is 0 Å². The van der Waals surface area contributed by atoms with E-state index in [0.29, 0.717) is 11.1 Å². The Bertz CT molecular complexity index is 1960. The number of carbonyl (C=O) groups is 1. The van der Waals surface area contributed by atoms with E-state index in [-0.39, 0.29) is 70.5 Å². The van der Waals surface area contributed by atoms with Crippen LogP contribution < -0.4 is 10.5 Å². The number of fused-ring (bicyclic) bond motifs is 1. The summed E-state index contributed by atoms with van der Waals surface area (Å²) in [6, 6.07) is 2.18. The second-order valence-corrected chi connectivity index (χ2v) is 13.2. The molecule has 1 unspecified atom stereocenters. The maximum Gasteiger partial charge on any atom is 0.272 e. The normalized spacial score (nSPS) is 21.3. The number of anilines is 1. The molecule has 246 valence electrons. The molecule has 1 saturated heterocycles. The molecular weight excluding hydrogens is 673 g/mol. The molecule has 1 amide bonds. The lowest BCUT2D eigenvalue weighted by Gasteiger charge is -2.45. The zero-order chi connectivity index (χ0) is 34.6. The summed E-state index contributed by atoms with van der Waals surface area (Å²) in [5, 5.41) is 19.8. The first-order chi connectivity index (χ1) is 22.2. The van der Waals surface area contributed by atoms with Gasteiger partial charge in [-0.25, -0.2) is 13.8 Å². The summed E-state index contributed by atoms with van der Waals surface area (Å²) >= 11 is 18.9. The lowest BCUT2D eigenvalue weighted by Crippen LogP contribution is -2.58. The molecule has 9 nitrogen and oxygen atoms in total. The smallest absolute Gasteiger partial charge is 0.272 e.